The third kappa shape index (κ3) is 3.48. The number of benzene rings is 1. The monoisotopic (exact) mass is 381 g/mol. The van der Waals surface area contributed by atoms with E-state index in [1.807, 2.05) is 4.90 Å². The molecule has 138 valence electrons. The summed E-state index contributed by atoms with van der Waals surface area (Å²) in [5, 5.41) is 1.77. The van der Waals surface area contributed by atoms with Crippen LogP contribution in [0.1, 0.15) is 21.6 Å². The van der Waals surface area contributed by atoms with Gasteiger partial charge in [-0.2, -0.15) is 13.2 Å². The molecule has 4 nitrogen and oxygen atoms in total. The highest BCUT2D eigenvalue weighted by Crippen LogP contribution is 2.33. The number of nitrogens with zero attached hydrogens (tertiary/aromatic N) is 3. The number of alkyl halides is 3. The van der Waals surface area contributed by atoms with Crippen LogP contribution in [-0.2, 0) is 12.7 Å². The minimum Gasteiger partial charge on any atom is -0.337 e. The Kier molecular flexibility index (Phi) is 4.48. The molecule has 0 N–H and O–H groups in total. The minimum atomic E-state index is -4.30. The van der Waals surface area contributed by atoms with Gasteiger partial charge in [0.2, 0.25) is 0 Å². The van der Waals surface area contributed by atoms with Gasteiger partial charge in [0, 0.05) is 38.1 Å². The van der Waals surface area contributed by atoms with Crippen molar-refractivity contribution in [1.82, 2.24) is 14.8 Å². The second-order valence-corrected chi connectivity index (χ2v) is 7.71. The number of carbonyl (C=O) groups is 1. The highest BCUT2D eigenvalue weighted by Gasteiger charge is 2.41. The Morgan fingerprint density at radius 2 is 1.77 bits per heavy atom. The van der Waals surface area contributed by atoms with Crippen molar-refractivity contribution in [2.24, 2.45) is 11.8 Å². The molecule has 1 aromatic heterocycles. The Morgan fingerprint density at radius 3 is 2.31 bits per heavy atom. The lowest BCUT2D eigenvalue weighted by molar-refractivity contribution is -0.137. The Hall–Kier alpha value is -1.93. The van der Waals surface area contributed by atoms with Gasteiger partial charge in [0.25, 0.3) is 5.91 Å². The number of amides is 1. The normalized spacial score (nSPS) is 23.4. The Bertz CT molecular complexity index is 762. The number of fused-ring (bicyclic) bond motifs is 1. The molecule has 0 bridgehead atoms. The molecule has 0 aliphatic carbocycles. The number of thiazole rings is 1. The molecule has 0 saturated carbocycles. The van der Waals surface area contributed by atoms with Gasteiger partial charge in [-0.1, -0.05) is 12.1 Å². The van der Waals surface area contributed by atoms with E-state index >= 15 is 0 Å². The van der Waals surface area contributed by atoms with E-state index in [0.717, 1.165) is 43.9 Å². The summed E-state index contributed by atoms with van der Waals surface area (Å²) in [5.74, 6) is 0.842. The molecule has 0 radical (unpaired) electrons. The molecule has 1 aromatic carbocycles. The predicted octanol–water partition coefficient (Wildman–Crippen LogP) is 3.37. The SMILES string of the molecule is O=C(c1cscn1)N1CC2CN(Cc3ccc(C(F)(F)F)cc3)CC2C1. The van der Waals surface area contributed by atoms with Gasteiger partial charge in [-0.15, -0.1) is 11.3 Å². The first-order valence-electron chi connectivity index (χ1n) is 8.46. The Balaban J connectivity index is 1.33. The van der Waals surface area contributed by atoms with Crippen molar-refractivity contribution in [2.75, 3.05) is 26.2 Å². The van der Waals surface area contributed by atoms with Gasteiger partial charge in [-0.25, -0.2) is 4.98 Å². The smallest absolute Gasteiger partial charge is 0.337 e. The lowest BCUT2D eigenvalue weighted by atomic mass is 10.0. The van der Waals surface area contributed by atoms with Crippen LogP contribution < -0.4 is 0 Å². The highest BCUT2D eigenvalue weighted by atomic mass is 32.1. The number of hydrogen-bond donors (Lipinski definition) is 0. The second-order valence-electron chi connectivity index (χ2n) is 6.99. The van der Waals surface area contributed by atoms with Crippen LogP contribution in [0.3, 0.4) is 0 Å². The molecule has 2 fully saturated rings. The van der Waals surface area contributed by atoms with Gasteiger partial charge < -0.3 is 4.90 Å². The van der Waals surface area contributed by atoms with Crippen molar-refractivity contribution in [3.05, 3.63) is 52.0 Å². The Labute approximate surface area is 153 Å². The molecule has 2 aromatic rings. The molecular weight excluding hydrogens is 363 g/mol. The molecule has 2 unspecified atom stereocenters. The fraction of sp³-hybridized carbons (Fsp3) is 0.444. The number of aromatic nitrogens is 1. The third-order valence-corrected chi connectivity index (χ3v) is 5.77. The summed E-state index contributed by atoms with van der Waals surface area (Å²) in [7, 11) is 0. The van der Waals surface area contributed by atoms with Crippen LogP contribution in [0, 0.1) is 11.8 Å². The van der Waals surface area contributed by atoms with Crippen molar-refractivity contribution in [3.63, 3.8) is 0 Å². The van der Waals surface area contributed by atoms with Gasteiger partial charge in [-0.3, -0.25) is 9.69 Å². The number of rotatable bonds is 3. The van der Waals surface area contributed by atoms with Crippen molar-refractivity contribution in [2.45, 2.75) is 12.7 Å². The van der Waals surface area contributed by atoms with Crippen LogP contribution in [0.4, 0.5) is 13.2 Å². The summed E-state index contributed by atoms with van der Waals surface area (Å²) in [4.78, 5) is 20.6. The zero-order chi connectivity index (χ0) is 18.3. The Morgan fingerprint density at radius 1 is 1.12 bits per heavy atom. The first-order chi connectivity index (χ1) is 12.4. The van der Waals surface area contributed by atoms with E-state index < -0.39 is 11.7 Å². The van der Waals surface area contributed by atoms with E-state index in [1.54, 1.807) is 23.0 Å². The number of likely N-dealkylation sites (tertiary alicyclic amines) is 2. The number of carbonyl (C=O) groups excluding carboxylic acids is 1. The second kappa shape index (κ2) is 6.66. The first-order valence-corrected chi connectivity index (χ1v) is 9.40. The summed E-state index contributed by atoms with van der Waals surface area (Å²) in [6.45, 7) is 3.83. The molecule has 2 saturated heterocycles. The van der Waals surface area contributed by atoms with Crippen LogP contribution in [0.5, 0.6) is 0 Å². The topological polar surface area (TPSA) is 36.4 Å². The molecule has 3 heterocycles. The summed E-state index contributed by atoms with van der Waals surface area (Å²) in [6, 6.07) is 5.38. The predicted molar refractivity (Wildman–Crippen MR) is 91.7 cm³/mol. The van der Waals surface area contributed by atoms with Crippen LogP contribution in [0.2, 0.25) is 0 Å². The molecule has 1 amide bonds. The molecule has 2 aliphatic rings. The van der Waals surface area contributed by atoms with E-state index in [2.05, 4.69) is 9.88 Å². The molecule has 8 heteroatoms. The van der Waals surface area contributed by atoms with Crippen molar-refractivity contribution < 1.29 is 18.0 Å². The highest BCUT2D eigenvalue weighted by molar-refractivity contribution is 7.07. The van der Waals surface area contributed by atoms with E-state index in [4.69, 9.17) is 0 Å². The largest absolute Gasteiger partial charge is 0.416 e. The van der Waals surface area contributed by atoms with E-state index in [9.17, 15) is 18.0 Å². The third-order valence-electron chi connectivity index (χ3n) is 5.19. The molecular formula is C18H18F3N3OS. The molecule has 2 aliphatic heterocycles. The molecule has 2 atom stereocenters. The summed E-state index contributed by atoms with van der Waals surface area (Å²) in [6.07, 6.45) is -4.30. The van der Waals surface area contributed by atoms with Crippen molar-refractivity contribution in [1.29, 1.82) is 0 Å². The maximum atomic E-state index is 12.6. The first kappa shape index (κ1) is 17.5. The zero-order valence-electron chi connectivity index (χ0n) is 13.9. The quantitative estimate of drug-likeness (QED) is 0.818. The average molecular weight is 381 g/mol. The average Bonchev–Trinajstić information content (AvgIpc) is 3.30. The van der Waals surface area contributed by atoms with Gasteiger partial charge in [0.15, 0.2) is 0 Å². The van der Waals surface area contributed by atoms with Crippen LogP contribution in [0.25, 0.3) is 0 Å². The van der Waals surface area contributed by atoms with Gasteiger partial charge >= 0.3 is 6.18 Å². The zero-order valence-corrected chi connectivity index (χ0v) is 14.8. The van der Waals surface area contributed by atoms with Gasteiger partial charge in [0.1, 0.15) is 5.69 Å². The van der Waals surface area contributed by atoms with Gasteiger partial charge in [0.05, 0.1) is 11.1 Å². The minimum absolute atomic E-state index is 0.00469. The lowest BCUT2D eigenvalue weighted by Crippen LogP contribution is -2.33. The fourth-order valence-electron chi connectivity index (χ4n) is 3.92. The van der Waals surface area contributed by atoms with Crippen molar-refractivity contribution >= 4 is 17.2 Å². The van der Waals surface area contributed by atoms with E-state index in [0.29, 0.717) is 24.1 Å². The van der Waals surface area contributed by atoms with Crippen LogP contribution >= 0.6 is 11.3 Å². The lowest BCUT2D eigenvalue weighted by Gasteiger charge is -2.21. The molecule has 0 spiro atoms. The van der Waals surface area contributed by atoms with Gasteiger partial charge in [-0.05, 0) is 29.5 Å². The maximum Gasteiger partial charge on any atom is 0.416 e. The standard InChI is InChI=1S/C18H18F3N3OS/c19-18(20,21)15-3-1-12(2-4-15)5-23-6-13-8-24(9-14(13)7-23)17(25)16-10-26-11-22-16/h1-4,10-11,13-14H,5-9H2. The van der Waals surface area contributed by atoms with Crippen molar-refractivity contribution in [3.8, 4) is 0 Å². The fourth-order valence-corrected chi connectivity index (χ4v) is 4.45. The molecule has 4 rings (SSSR count). The van der Waals surface area contributed by atoms with Crippen LogP contribution in [0.15, 0.2) is 35.2 Å². The molecule has 26 heavy (non-hydrogen) atoms. The summed E-state index contributed by atoms with van der Waals surface area (Å²) >= 11 is 1.41. The van der Waals surface area contributed by atoms with E-state index in [1.165, 1.54) is 11.3 Å². The summed E-state index contributed by atoms with van der Waals surface area (Å²) in [5.41, 5.74) is 2.44. The maximum absolute atomic E-state index is 12.6. The van der Waals surface area contributed by atoms with Crippen LogP contribution in [-0.4, -0.2) is 46.9 Å². The number of hydrogen-bond acceptors (Lipinski definition) is 4. The number of halogens is 3. The summed E-state index contributed by atoms with van der Waals surface area (Å²) < 4.78 is 37.9. The van der Waals surface area contributed by atoms with E-state index in [-0.39, 0.29) is 5.91 Å².